The molecule has 4 heteroatoms. The fraction of sp³-hybridized carbons (Fsp3) is 0.462. The predicted molar refractivity (Wildman–Crippen MR) is 69.9 cm³/mol. The van der Waals surface area contributed by atoms with Crippen molar-refractivity contribution in [3.8, 4) is 0 Å². The third-order valence-electron chi connectivity index (χ3n) is 3.08. The van der Waals surface area contributed by atoms with Gasteiger partial charge in [-0.15, -0.1) is 4.91 Å². The molecule has 0 bridgehead atoms. The lowest BCUT2D eigenvalue weighted by Gasteiger charge is -2.19. The van der Waals surface area contributed by atoms with Gasteiger partial charge in [-0.3, -0.25) is 4.79 Å². The Morgan fingerprint density at radius 2 is 1.76 bits per heavy atom. The zero-order valence-corrected chi connectivity index (χ0v) is 10.9. The highest BCUT2D eigenvalue weighted by atomic mass is 16.3. The number of nitrogen functional groups attached to an aromatic ring is 1. The Morgan fingerprint density at radius 1 is 1.24 bits per heavy atom. The first-order valence-corrected chi connectivity index (χ1v) is 5.59. The van der Waals surface area contributed by atoms with Gasteiger partial charge in [0.25, 0.3) is 0 Å². The Bertz CT molecular complexity index is 491. The summed E-state index contributed by atoms with van der Waals surface area (Å²) in [6.45, 7) is 8.92. The minimum Gasteiger partial charge on any atom is -0.398 e. The molecule has 0 saturated carbocycles. The van der Waals surface area contributed by atoms with Crippen LogP contribution in [0.5, 0.6) is 0 Å². The lowest BCUT2D eigenvalue weighted by Crippen LogP contribution is -2.08. The van der Waals surface area contributed by atoms with Crippen molar-refractivity contribution in [2.45, 2.75) is 40.5 Å². The second kappa shape index (κ2) is 4.65. The minimum atomic E-state index is -0.0908. The van der Waals surface area contributed by atoms with Crippen molar-refractivity contribution in [1.29, 1.82) is 0 Å². The summed E-state index contributed by atoms with van der Waals surface area (Å²) in [7, 11) is 0. The monoisotopic (exact) mass is 234 g/mol. The largest absolute Gasteiger partial charge is 0.398 e. The summed E-state index contributed by atoms with van der Waals surface area (Å²) >= 11 is 0. The highest BCUT2D eigenvalue weighted by molar-refractivity contribution is 6.00. The van der Waals surface area contributed by atoms with E-state index in [9.17, 15) is 9.70 Å². The predicted octanol–water partition coefficient (Wildman–Crippen LogP) is 3.61. The average Bonchev–Trinajstić information content (AvgIpc) is 2.22. The molecule has 0 saturated heterocycles. The van der Waals surface area contributed by atoms with Crippen molar-refractivity contribution in [3.05, 3.63) is 27.2 Å². The van der Waals surface area contributed by atoms with Crippen LogP contribution in [0.2, 0.25) is 0 Å². The first-order valence-electron chi connectivity index (χ1n) is 5.59. The van der Waals surface area contributed by atoms with Crippen LogP contribution in [0, 0.1) is 18.8 Å². The zero-order chi connectivity index (χ0) is 13.3. The Balaban J connectivity index is 3.81. The van der Waals surface area contributed by atoms with Crippen LogP contribution in [0.25, 0.3) is 0 Å². The molecule has 0 unspecified atom stereocenters. The van der Waals surface area contributed by atoms with Gasteiger partial charge in [0.05, 0.1) is 0 Å². The number of nitrogens with two attached hydrogens (primary N) is 1. The van der Waals surface area contributed by atoms with E-state index in [1.165, 1.54) is 6.92 Å². The molecule has 4 nitrogen and oxygen atoms in total. The number of benzene rings is 1. The van der Waals surface area contributed by atoms with Crippen molar-refractivity contribution >= 4 is 17.2 Å². The van der Waals surface area contributed by atoms with Gasteiger partial charge in [0.1, 0.15) is 5.69 Å². The molecule has 0 fully saturated rings. The third-order valence-corrected chi connectivity index (χ3v) is 3.08. The first kappa shape index (κ1) is 13.4. The quantitative estimate of drug-likeness (QED) is 0.493. The second-order valence-corrected chi connectivity index (χ2v) is 4.60. The summed E-state index contributed by atoms with van der Waals surface area (Å²) in [6.07, 6.45) is 0. The molecule has 2 N–H and O–H groups in total. The molecule has 0 aliphatic carbocycles. The zero-order valence-electron chi connectivity index (χ0n) is 10.9. The van der Waals surface area contributed by atoms with Gasteiger partial charge < -0.3 is 5.73 Å². The lowest BCUT2D eigenvalue weighted by atomic mass is 9.88. The Labute approximate surface area is 101 Å². The highest BCUT2D eigenvalue weighted by Gasteiger charge is 2.22. The average molecular weight is 234 g/mol. The summed E-state index contributed by atoms with van der Waals surface area (Å²) in [4.78, 5) is 22.6. The van der Waals surface area contributed by atoms with Crippen LogP contribution >= 0.6 is 0 Å². The van der Waals surface area contributed by atoms with E-state index in [4.69, 9.17) is 5.73 Å². The Kier molecular flexibility index (Phi) is 3.66. The van der Waals surface area contributed by atoms with Gasteiger partial charge in [0, 0.05) is 16.8 Å². The molecule has 0 aromatic heterocycles. The molecule has 0 heterocycles. The number of anilines is 1. The summed E-state index contributed by atoms with van der Waals surface area (Å²) < 4.78 is 0. The Morgan fingerprint density at radius 3 is 2.12 bits per heavy atom. The molecule has 17 heavy (non-hydrogen) atoms. The molecule has 1 aromatic rings. The number of rotatable bonds is 3. The Hall–Kier alpha value is -1.71. The number of carbonyl (C=O) groups is 1. The number of Topliss-reactive ketones (excluding diaryl/α,β-unsaturated/α-hetero) is 1. The molecular weight excluding hydrogens is 216 g/mol. The highest BCUT2D eigenvalue weighted by Crippen LogP contribution is 2.39. The standard InChI is InChI=1S/C13H18N2O2/c1-6(2)10-12(14)7(3)11(9(5)16)8(4)13(10)15-17/h6H,14H2,1-5H3. The molecule has 0 amide bonds. The molecule has 0 spiro atoms. The summed E-state index contributed by atoms with van der Waals surface area (Å²) in [5, 5.41) is 3.05. The van der Waals surface area contributed by atoms with Crippen LogP contribution in [-0.2, 0) is 0 Å². The van der Waals surface area contributed by atoms with E-state index in [2.05, 4.69) is 5.18 Å². The molecule has 0 aliphatic rings. The van der Waals surface area contributed by atoms with Crippen LogP contribution in [0.15, 0.2) is 5.18 Å². The summed E-state index contributed by atoms with van der Waals surface area (Å²) in [5.41, 5.74) is 9.46. The van der Waals surface area contributed by atoms with Gasteiger partial charge in [-0.2, -0.15) is 0 Å². The van der Waals surface area contributed by atoms with Gasteiger partial charge >= 0.3 is 0 Å². The first-order chi connectivity index (χ1) is 7.82. The maximum absolute atomic E-state index is 11.6. The van der Waals surface area contributed by atoms with Gasteiger partial charge in [-0.1, -0.05) is 13.8 Å². The van der Waals surface area contributed by atoms with E-state index >= 15 is 0 Å². The minimum absolute atomic E-state index is 0.0908. The number of nitroso groups, excluding NO2 is 1. The van der Waals surface area contributed by atoms with E-state index in [0.717, 1.165) is 11.1 Å². The van der Waals surface area contributed by atoms with Gasteiger partial charge in [-0.25, -0.2) is 0 Å². The van der Waals surface area contributed by atoms with Crippen LogP contribution in [0.3, 0.4) is 0 Å². The van der Waals surface area contributed by atoms with Crippen molar-refractivity contribution in [2.75, 3.05) is 5.73 Å². The second-order valence-electron chi connectivity index (χ2n) is 4.60. The lowest BCUT2D eigenvalue weighted by molar-refractivity contribution is 0.101. The van der Waals surface area contributed by atoms with Crippen LogP contribution in [0.4, 0.5) is 11.4 Å². The normalized spacial score (nSPS) is 10.7. The maximum atomic E-state index is 11.6. The van der Waals surface area contributed by atoms with Crippen molar-refractivity contribution < 1.29 is 4.79 Å². The van der Waals surface area contributed by atoms with Gasteiger partial charge in [0.15, 0.2) is 5.78 Å². The van der Waals surface area contributed by atoms with E-state index in [1.807, 2.05) is 13.8 Å². The smallest absolute Gasteiger partial charge is 0.160 e. The van der Waals surface area contributed by atoms with E-state index in [0.29, 0.717) is 22.5 Å². The topological polar surface area (TPSA) is 72.5 Å². The van der Waals surface area contributed by atoms with Gasteiger partial charge in [0.2, 0.25) is 0 Å². The van der Waals surface area contributed by atoms with E-state index in [-0.39, 0.29) is 11.7 Å². The SMILES string of the molecule is CC(=O)c1c(C)c(N)c(C(C)C)c(N=O)c1C. The number of nitrogens with zero attached hydrogens (tertiary/aromatic N) is 1. The third kappa shape index (κ3) is 2.07. The molecule has 92 valence electrons. The molecular formula is C13H18N2O2. The van der Waals surface area contributed by atoms with Crippen LogP contribution in [-0.4, -0.2) is 5.78 Å². The van der Waals surface area contributed by atoms with E-state index in [1.54, 1.807) is 13.8 Å². The van der Waals surface area contributed by atoms with Gasteiger partial charge in [-0.05, 0) is 43.0 Å². The fourth-order valence-corrected chi connectivity index (χ4v) is 2.30. The van der Waals surface area contributed by atoms with Crippen molar-refractivity contribution in [1.82, 2.24) is 0 Å². The van der Waals surface area contributed by atoms with Crippen LogP contribution < -0.4 is 5.73 Å². The molecule has 0 aliphatic heterocycles. The number of carbonyl (C=O) groups excluding carboxylic acids is 1. The van der Waals surface area contributed by atoms with Crippen molar-refractivity contribution in [3.63, 3.8) is 0 Å². The number of ketones is 1. The summed E-state index contributed by atoms with van der Waals surface area (Å²) in [5.74, 6) is 0.00742. The molecule has 1 aromatic carbocycles. The molecule has 0 radical (unpaired) electrons. The number of hydrogen-bond donors (Lipinski definition) is 1. The number of hydrogen-bond acceptors (Lipinski definition) is 4. The summed E-state index contributed by atoms with van der Waals surface area (Å²) in [6, 6.07) is 0. The van der Waals surface area contributed by atoms with Crippen LogP contribution in [0.1, 0.15) is 53.7 Å². The molecule has 1 rings (SSSR count). The fourth-order valence-electron chi connectivity index (χ4n) is 2.30. The van der Waals surface area contributed by atoms with E-state index < -0.39 is 0 Å². The maximum Gasteiger partial charge on any atom is 0.160 e. The van der Waals surface area contributed by atoms with Crippen molar-refractivity contribution in [2.24, 2.45) is 5.18 Å². The molecule has 0 atom stereocenters.